The van der Waals surface area contributed by atoms with Gasteiger partial charge in [0.25, 0.3) is 0 Å². The van der Waals surface area contributed by atoms with Crippen molar-refractivity contribution in [3.05, 3.63) is 114 Å². The summed E-state index contributed by atoms with van der Waals surface area (Å²) >= 11 is 0. The van der Waals surface area contributed by atoms with Gasteiger partial charge in [-0.05, 0) is 78.1 Å². The molecule has 0 atom stereocenters. The molecule has 0 bridgehead atoms. The maximum Gasteiger partial charge on any atom is 0.0957 e. The first-order chi connectivity index (χ1) is 18.4. The van der Waals surface area contributed by atoms with Gasteiger partial charge in [0.1, 0.15) is 0 Å². The number of hydrogen-bond acceptors (Lipinski definition) is 0. The van der Waals surface area contributed by atoms with Crippen LogP contribution in [0.25, 0.3) is 60.5 Å². The minimum Gasteiger partial charge on any atom is -0.306 e. The number of benzene rings is 5. The molecule has 0 fully saturated rings. The van der Waals surface area contributed by atoms with Crippen LogP contribution in [-0.4, -0.2) is 13.8 Å². The number of aromatic nitrogens is 3. The lowest BCUT2D eigenvalue weighted by Crippen LogP contribution is -2.19. The summed E-state index contributed by atoms with van der Waals surface area (Å²) < 4.78 is 7.38. The third kappa shape index (κ3) is 2.74. The van der Waals surface area contributed by atoms with Gasteiger partial charge in [-0.1, -0.05) is 69.3 Å². The minimum absolute atomic E-state index is 0.00276. The van der Waals surface area contributed by atoms with Gasteiger partial charge in [0.15, 0.2) is 0 Å². The molecule has 5 aromatic carbocycles. The first-order valence-corrected chi connectivity index (χ1v) is 13.4. The molecule has 8 rings (SSSR count). The lowest BCUT2D eigenvalue weighted by Gasteiger charge is -2.29. The summed E-state index contributed by atoms with van der Waals surface area (Å²) in [5.41, 5.74) is 11.1. The predicted octanol–water partition coefficient (Wildman–Crippen LogP) is 9.18. The summed E-state index contributed by atoms with van der Waals surface area (Å²) in [5.74, 6) is 0. The quantitative estimate of drug-likeness (QED) is 0.161. The largest absolute Gasteiger partial charge is 0.306 e. The maximum atomic E-state index is 2.47. The molecule has 0 radical (unpaired) electrons. The van der Waals surface area contributed by atoms with Gasteiger partial charge in [0.05, 0.1) is 33.3 Å². The highest BCUT2D eigenvalue weighted by atomic mass is 15.4. The van der Waals surface area contributed by atoms with Crippen LogP contribution in [0.1, 0.15) is 31.9 Å². The second-order valence-electron chi connectivity index (χ2n) is 11.7. The van der Waals surface area contributed by atoms with Crippen molar-refractivity contribution >= 4 is 49.1 Å². The standard InChI is InChI=1S/C35H29N3/c1-22-18-26-25-14-8-9-15-29(25)37-33(26)27(19-22)28-20-23(35(2,3)4)21-32-34(28)38(37)31-17-11-10-16-30(31)36(32)24-12-6-5-7-13-24/h5-21H,1-4H3. The first kappa shape index (κ1) is 21.6. The molecule has 0 unspecified atom stereocenters. The maximum absolute atomic E-state index is 2.47. The van der Waals surface area contributed by atoms with Gasteiger partial charge in [0, 0.05) is 27.2 Å². The summed E-state index contributed by atoms with van der Waals surface area (Å²) in [4.78, 5) is 0. The van der Waals surface area contributed by atoms with Gasteiger partial charge in [-0.15, -0.1) is 0 Å². The Bertz CT molecular complexity index is 2160. The van der Waals surface area contributed by atoms with Crippen LogP contribution in [0.4, 0.5) is 0 Å². The van der Waals surface area contributed by atoms with Gasteiger partial charge in [-0.3, -0.25) is 0 Å². The van der Waals surface area contributed by atoms with Gasteiger partial charge in [0.2, 0.25) is 0 Å². The van der Waals surface area contributed by atoms with Gasteiger partial charge < -0.3 is 4.57 Å². The molecular weight excluding hydrogens is 462 g/mol. The van der Waals surface area contributed by atoms with Crippen LogP contribution < -0.4 is 0 Å². The second-order valence-corrected chi connectivity index (χ2v) is 11.7. The molecule has 0 aliphatic carbocycles. The Balaban J connectivity index is 1.79. The van der Waals surface area contributed by atoms with Crippen molar-refractivity contribution in [1.29, 1.82) is 0 Å². The molecule has 2 aliphatic rings. The van der Waals surface area contributed by atoms with E-state index < -0.39 is 0 Å². The topological polar surface area (TPSA) is 14.3 Å². The van der Waals surface area contributed by atoms with Crippen molar-refractivity contribution in [2.45, 2.75) is 33.1 Å². The molecule has 0 N–H and O–H groups in total. The summed E-state index contributed by atoms with van der Waals surface area (Å²) in [5, 5.41) is 5.21. The van der Waals surface area contributed by atoms with E-state index in [1.165, 1.54) is 71.6 Å². The van der Waals surface area contributed by atoms with E-state index in [9.17, 15) is 0 Å². The van der Waals surface area contributed by atoms with Gasteiger partial charge in [-0.2, -0.15) is 0 Å². The molecule has 184 valence electrons. The van der Waals surface area contributed by atoms with E-state index in [4.69, 9.17) is 0 Å². The first-order valence-electron chi connectivity index (χ1n) is 13.4. The molecule has 2 aliphatic heterocycles. The molecule has 0 amide bonds. The van der Waals surface area contributed by atoms with E-state index in [-0.39, 0.29) is 5.41 Å². The second kappa shape index (κ2) is 7.29. The van der Waals surface area contributed by atoms with E-state index in [1.54, 1.807) is 0 Å². The van der Waals surface area contributed by atoms with Gasteiger partial charge in [-0.25, -0.2) is 9.20 Å². The molecule has 3 heteroatoms. The van der Waals surface area contributed by atoms with Crippen molar-refractivity contribution in [3.63, 3.8) is 0 Å². The zero-order chi connectivity index (χ0) is 25.8. The van der Waals surface area contributed by atoms with Crippen LogP contribution in [0.5, 0.6) is 0 Å². The van der Waals surface area contributed by atoms with Crippen LogP contribution in [0.15, 0.2) is 103 Å². The van der Waals surface area contributed by atoms with E-state index >= 15 is 0 Å². The van der Waals surface area contributed by atoms with Crippen molar-refractivity contribution in [2.24, 2.45) is 0 Å². The average molecular weight is 492 g/mol. The number of para-hydroxylation sites is 4. The summed E-state index contributed by atoms with van der Waals surface area (Å²) in [6, 6.07) is 38.0. The van der Waals surface area contributed by atoms with Crippen molar-refractivity contribution < 1.29 is 0 Å². The highest BCUT2D eigenvalue weighted by Crippen LogP contribution is 2.44. The fourth-order valence-electron chi connectivity index (χ4n) is 6.43. The fourth-order valence-corrected chi connectivity index (χ4v) is 6.43. The van der Waals surface area contributed by atoms with Crippen molar-refractivity contribution in [2.75, 3.05) is 0 Å². The Morgan fingerprint density at radius 2 is 1.18 bits per heavy atom. The molecule has 1 aromatic heterocycles. The Morgan fingerprint density at radius 3 is 1.92 bits per heavy atom. The average Bonchev–Trinajstić information content (AvgIpc) is 3.25. The Labute approximate surface area is 221 Å². The zero-order valence-corrected chi connectivity index (χ0v) is 22.2. The van der Waals surface area contributed by atoms with Crippen LogP contribution >= 0.6 is 0 Å². The molecule has 38 heavy (non-hydrogen) atoms. The van der Waals surface area contributed by atoms with E-state index in [0.29, 0.717) is 0 Å². The van der Waals surface area contributed by atoms with Crippen LogP contribution in [0, 0.1) is 6.92 Å². The molecule has 0 saturated heterocycles. The Kier molecular flexibility index (Phi) is 4.14. The van der Waals surface area contributed by atoms with Crippen molar-refractivity contribution in [3.8, 4) is 11.4 Å². The van der Waals surface area contributed by atoms with Crippen molar-refractivity contribution in [1.82, 2.24) is 13.8 Å². The summed E-state index contributed by atoms with van der Waals surface area (Å²) in [7, 11) is 0. The number of aryl methyl sites for hydroxylation is 1. The number of nitrogens with zero attached hydrogens (tertiary/aromatic N) is 3. The van der Waals surface area contributed by atoms with Crippen LogP contribution in [0.3, 0.4) is 0 Å². The predicted molar refractivity (Wildman–Crippen MR) is 161 cm³/mol. The zero-order valence-electron chi connectivity index (χ0n) is 22.2. The molecule has 6 aromatic rings. The molecule has 0 spiro atoms. The number of rotatable bonds is 1. The normalized spacial score (nSPS) is 12.7. The fraction of sp³-hybridized carbons (Fsp3) is 0.143. The molecule has 3 heterocycles. The lowest BCUT2D eigenvalue weighted by molar-refractivity contribution is 0.591. The molecule has 0 saturated carbocycles. The monoisotopic (exact) mass is 491 g/mol. The minimum atomic E-state index is 0.00276. The number of hydrogen-bond donors (Lipinski definition) is 0. The highest BCUT2D eigenvalue weighted by molar-refractivity contribution is 6.20. The third-order valence-corrected chi connectivity index (χ3v) is 8.15. The summed E-state index contributed by atoms with van der Waals surface area (Å²) in [6.45, 7) is 9.16. The van der Waals surface area contributed by atoms with E-state index in [0.717, 1.165) is 0 Å². The van der Waals surface area contributed by atoms with Gasteiger partial charge >= 0.3 is 0 Å². The summed E-state index contributed by atoms with van der Waals surface area (Å²) in [6.07, 6.45) is 0. The molecular formula is C35H29N3. The Hall–Kier alpha value is -4.50. The SMILES string of the molecule is Cc1cc2c3cc(C(C)(C)C)cc4c3-n(c3ccccc3n4-c3ccccc3)n3c4ccccc4c(c1)c23. The van der Waals surface area contributed by atoms with Crippen LogP contribution in [0.2, 0.25) is 0 Å². The third-order valence-electron chi connectivity index (χ3n) is 8.15. The lowest BCUT2D eigenvalue weighted by atomic mass is 9.85. The van der Waals surface area contributed by atoms with Crippen LogP contribution in [-0.2, 0) is 5.41 Å². The number of fused-ring (bicyclic) bond motifs is 7. The van der Waals surface area contributed by atoms with E-state index in [2.05, 4.69) is 145 Å². The van der Waals surface area contributed by atoms with E-state index in [1.807, 2.05) is 0 Å². The molecule has 3 nitrogen and oxygen atoms in total. The highest BCUT2D eigenvalue weighted by Gasteiger charge is 2.27. The smallest absolute Gasteiger partial charge is 0.0957 e. The Morgan fingerprint density at radius 1 is 0.553 bits per heavy atom.